The van der Waals surface area contributed by atoms with Crippen molar-refractivity contribution in [2.24, 2.45) is 0 Å². The van der Waals surface area contributed by atoms with Gasteiger partial charge < -0.3 is 10.2 Å². The maximum absolute atomic E-state index is 14.1. The standard InChI is InChI=1S/C30H35Cl2N3O4S/c1-5-15-33-30(37)28(17-23-9-7-6-8-10-23)34(19-24-13-14-25(31)18-26(24)32)29(36)20-35(40(4,38)39)27-16-21(2)11-12-22(27)3/h6-14,16,18,28H,5,15,17,19-20H2,1-4H3,(H,33,37)/t28-/m1/s1. The molecule has 3 rings (SSSR count). The third-order valence-corrected chi connectivity index (χ3v) is 8.20. The van der Waals surface area contributed by atoms with Gasteiger partial charge in [-0.15, -0.1) is 0 Å². The van der Waals surface area contributed by atoms with Gasteiger partial charge in [0.25, 0.3) is 0 Å². The second-order valence-electron chi connectivity index (χ2n) is 9.81. The van der Waals surface area contributed by atoms with Gasteiger partial charge in [0, 0.05) is 29.6 Å². The maximum atomic E-state index is 14.1. The highest BCUT2D eigenvalue weighted by Crippen LogP contribution is 2.27. The van der Waals surface area contributed by atoms with Gasteiger partial charge in [-0.05, 0) is 60.7 Å². The number of hydrogen-bond donors (Lipinski definition) is 1. The fourth-order valence-corrected chi connectivity index (χ4v) is 5.70. The van der Waals surface area contributed by atoms with Crippen molar-refractivity contribution in [3.8, 4) is 0 Å². The fourth-order valence-electron chi connectivity index (χ4n) is 4.34. The van der Waals surface area contributed by atoms with Gasteiger partial charge in [0.1, 0.15) is 12.6 Å². The van der Waals surface area contributed by atoms with Crippen LogP contribution < -0.4 is 9.62 Å². The van der Waals surface area contributed by atoms with Gasteiger partial charge in [-0.1, -0.05) is 78.7 Å². The molecule has 0 aromatic heterocycles. The molecule has 0 radical (unpaired) electrons. The molecule has 7 nitrogen and oxygen atoms in total. The molecule has 0 unspecified atom stereocenters. The van der Waals surface area contributed by atoms with Crippen LogP contribution in [0.25, 0.3) is 0 Å². The second-order valence-corrected chi connectivity index (χ2v) is 12.6. The number of carbonyl (C=O) groups excluding carboxylic acids is 2. The molecule has 3 aromatic carbocycles. The molecule has 0 bridgehead atoms. The molecule has 0 saturated carbocycles. The maximum Gasteiger partial charge on any atom is 0.244 e. The summed E-state index contributed by atoms with van der Waals surface area (Å²) in [4.78, 5) is 29.1. The minimum absolute atomic E-state index is 0.0176. The number of carbonyl (C=O) groups is 2. The predicted octanol–water partition coefficient (Wildman–Crippen LogP) is 5.54. The number of aryl methyl sites for hydroxylation is 2. The number of nitrogens with zero attached hydrogens (tertiary/aromatic N) is 2. The first-order valence-corrected chi connectivity index (χ1v) is 15.6. The number of benzene rings is 3. The van der Waals surface area contributed by atoms with Gasteiger partial charge in [0.05, 0.1) is 11.9 Å². The summed E-state index contributed by atoms with van der Waals surface area (Å²) < 4.78 is 27.1. The molecule has 0 heterocycles. The average molecular weight is 605 g/mol. The third kappa shape index (κ3) is 8.46. The highest BCUT2D eigenvalue weighted by atomic mass is 35.5. The monoisotopic (exact) mass is 603 g/mol. The van der Waals surface area contributed by atoms with E-state index in [4.69, 9.17) is 23.2 Å². The Balaban J connectivity index is 2.10. The summed E-state index contributed by atoms with van der Waals surface area (Å²) in [6, 6.07) is 18.8. The van der Waals surface area contributed by atoms with Crippen molar-refractivity contribution in [3.05, 3.63) is 99.0 Å². The zero-order valence-electron chi connectivity index (χ0n) is 23.2. The molecule has 40 heavy (non-hydrogen) atoms. The van der Waals surface area contributed by atoms with Crippen molar-refractivity contribution in [3.63, 3.8) is 0 Å². The van der Waals surface area contributed by atoms with E-state index in [-0.39, 0.29) is 18.9 Å². The first kappa shape index (κ1) is 31.5. The molecule has 0 fully saturated rings. The Labute approximate surface area is 247 Å². The van der Waals surface area contributed by atoms with Crippen molar-refractivity contribution in [2.45, 2.75) is 46.2 Å². The number of anilines is 1. The van der Waals surface area contributed by atoms with Crippen LogP contribution in [0.5, 0.6) is 0 Å². The van der Waals surface area contributed by atoms with E-state index in [9.17, 15) is 18.0 Å². The molecule has 10 heteroatoms. The molecule has 0 aliphatic heterocycles. The number of nitrogens with one attached hydrogen (secondary N) is 1. The quantitative estimate of drug-likeness (QED) is 0.294. The van der Waals surface area contributed by atoms with Gasteiger partial charge >= 0.3 is 0 Å². The van der Waals surface area contributed by atoms with Crippen LogP contribution in [0.1, 0.15) is 35.6 Å². The Morgan fingerprint density at radius 2 is 1.68 bits per heavy atom. The predicted molar refractivity (Wildman–Crippen MR) is 162 cm³/mol. The first-order chi connectivity index (χ1) is 18.9. The molecule has 0 spiro atoms. The highest BCUT2D eigenvalue weighted by molar-refractivity contribution is 7.92. The third-order valence-electron chi connectivity index (χ3n) is 6.49. The SMILES string of the molecule is CCCNC(=O)[C@@H](Cc1ccccc1)N(Cc1ccc(Cl)cc1Cl)C(=O)CN(c1cc(C)ccc1C)S(C)(=O)=O. The Morgan fingerprint density at radius 1 is 0.975 bits per heavy atom. The lowest BCUT2D eigenvalue weighted by Crippen LogP contribution is -2.53. The molecular formula is C30H35Cl2N3O4S. The highest BCUT2D eigenvalue weighted by Gasteiger charge is 2.33. The molecule has 0 aliphatic rings. The van der Waals surface area contributed by atoms with Crippen LogP contribution in [-0.4, -0.2) is 50.5 Å². The van der Waals surface area contributed by atoms with E-state index in [0.717, 1.165) is 28.1 Å². The van der Waals surface area contributed by atoms with Crippen molar-refractivity contribution >= 4 is 50.7 Å². The lowest BCUT2D eigenvalue weighted by Gasteiger charge is -2.34. The number of hydrogen-bond acceptors (Lipinski definition) is 4. The van der Waals surface area contributed by atoms with E-state index in [1.807, 2.05) is 56.3 Å². The van der Waals surface area contributed by atoms with Crippen molar-refractivity contribution in [1.29, 1.82) is 0 Å². The van der Waals surface area contributed by atoms with E-state index in [0.29, 0.717) is 33.4 Å². The Morgan fingerprint density at radius 3 is 2.30 bits per heavy atom. The lowest BCUT2D eigenvalue weighted by molar-refractivity contribution is -0.140. The van der Waals surface area contributed by atoms with E-state index in [1.54, 1.807) is 31.2 Å². The normalized spacial score (nSPS) is 12.1. The molecule has 1 atom stereocenters. The summed E-state index contributed by atoms with van der Waals surface area (Å²) in [5.74, 6) is -0.869. The minimum Gasteiger partial charge on any atom is -0.354 e. The molecule has 3 aromatic rings. The van der Waals surface area contributed by atoms with Crippen LogP contribution in [0.4, 0.5) is 5.69 Å². The molecular weight excluding hydrogens is 569 g/mol. The minimum atomic E-state index is -3.85. The molecule has 2 amide bonds. The summed E-state index contributed by atoms with van der Waals surface area (Å²) in [6.07, 6.45) is 2.02. The van der Waals surface area contributed by atoms with Crippen LogP contribution in [-0.2, 0) is 32.6 Å². The van der Waals surface area contributed by atoms with E-state index >= 15 is 0 Å². The van der Waals surface area contributed by atoms with Gasteiger partial charge in [-0.3, -0.25) is 13.9 Å². The van der Waals surface area contributed by atoms with Gasteiger partial charge in [0.2, 0.25) is 21.8 Å². The van der Waals surface area contributed by atoms with E-state index < -0.39 is 28.5 Å². The summed E-state index contributed by atoms with van der Waals surface area (Å²) in [7, 11) is -3.85. The number of amides is 2. The first-order valence-electron chi connectivity index (χ1n) is 13.0. The van der Waals surface area contributed by atoms with E-state index in [1.165, 1.54) is 4.90 Å². The Hall–Kier alpha value is -3.07. The van der Waals surface area contributed by atoms with Crippen LogP contribution in [0.3, 0.4) is 0 Å². The van der Waals surface area contributed by atoms with Gasteiger partial charge in [-0.2, -0.15) is 0 Å². The zero-order chi connectivity index (χ0) is 29.4. The Bertz CT molecular complexity index is 1450. The van der Waals surface area contributed by atoms with Crippen molar-refractivity contribution in [2.75, 3.05) is 23.7 Å². The van der Waals surface area contributed by atoms with Crippen LogP contribution in [0, 0.1) is 13.8 Å². The van der Waals surface area contributed by atoms with Crippen molar-refractivity contribution < 1.29 is 18.0 Å². The zero-order valence-corrected chi connectivity index (χ0v) is 25.5. The molecule has 1 N–H and O–H groups in total. The molecule has 0 saturated heterocycles. The Kier molecular flexibility index (Phi) is 11.0. The number of halogens is 2. The van der Waals surface area contributed by atoms with E-state index in [2.05, 4.69) is 5.32 Å². The average Bonchev–Trinajstić information content (AvgIpc) is 2.90. The summed E-state index contributed by atoms with van der Waals surface area (Å²) >= 11 is 12.6. The van der Waals surface area contributed by atoms with Crippen LogP contribution in [0.2, 0.25) is 10.0 Å². The molecule has 0 aliphatic carbocycles. The molecule has 214 valence electrons. The van der Waals surface area contributed by atoms with Gasteiger partial charge in [-0.25, -0.2) is 8.42 Å². The topological polar surface area (TPSA) is 86.8 Å². The number of rotatable bonds is 12. The second kappa shape index (κ2) is 14.0. The van der Waals surface area contributed by atoms with Crippen molar-refractivity contribution in [1.82, 2.24) is 10.2 Å². The number of sulfonamides is 1. The fraction of sp³-hybridized carbons (Fsp3) is 0.333. The summed E-state index contributed by atoms with van der Waals surface area (Å²) in [5, 5.41) is 3.69. The summed E-state index contributed by atoms with van der Waals surface area (Å²) in [6.45, 7) is 5.52. The summed E-state index contributed by atoms with van der Waals surface area (Å²) in [5.41, 5.74) is 3.41. The largest absolute Gasteiger partial charge is 0.354 e. The smallest absolute Gasteiger partial charge is 0.244 e. The van der Waals surface area contributed by atoms with Gasteiger partial charge in [0.15, 0.2) is 0 Å². The lowest BCUT2D eigenvalue weighted by atomic mass is 10.0. The van der Waals surface area contributed by atoms with Crippen LogP contribution in [0.15, 0.2) is 66.7 Å². The van der Waals surface area contributed by atoms with Crippen LogP contribution >= 0.6 is 23.2 Å².